The van der Waals surface area contributed by atoms with Crippen molar-refractivity contribution >= 4 is 0 Å². The van der Waals surface area contributed by atoms with Gasteiger partial charge in [-0.3, -0.25) is 11.3 Å². The minimum absolute atomic E-state index is 0.201. The molecule has 3 N–H and O–H groups in total. The second-order valence-corrected chi connectivity index (χ2v) is 4.35. The molecule has 13 heavy (non-hydrogen) atoms. The maximum Gasteiger partial charge on any atom is 0.0760 e. The minimum atomic E-state index is 0.201. The Morgan fingerprint density at radius 2 is 1.77 bits per heavy atom. The first-order valence-corrected chi connectivity index (χ1v) is 5.01. The summed E-state index contributed by atoms with van der Waals surface area (Å²) in [6, 6.07) is 0.255. The number of rotatable bonds is 6. The van der Waals surface area contributed by atoms with Crippen LogP contribution in [-0.2, 0) is 4.74 Å². The largest absolute Gasteiger partial charge is 0.380 e. The van der Waals surface area contributed by atoms with Crippen molar-refractivity contribution in [2.45, 2.75) is 46.3 Å². The molecule has 3 nitrogen and oxygen atoms in total. The SMILES string of the molecule is COC(C(C)C)C(CC(C)C)NN. The van der Waals surface area contributed by atoms with Crippen molar-refractivity contribution in [1.29, 1.82) is 0 Å². The molecule has 0 aromatic rings. The molecule has 2 atom stereocenters. The van der Waals surface area contributed by atoms with Gasteiger partial charge in [0, 0.05) is 13.2 Å². The molecule has 0 aromatic heterocycles. The lowest BCUT2D eigenvalue weighted by molar-refractivity contribution is 0.0272. The summed E-state index contributed by atoms with van der Waals surface area (Å²) >= 11 is 0. The number of hydrazine groups is 1. The van der Waals surface area contributed by atoms with Crippen molar-refractivity contribution in [3.05, 3.63) is 0 Å². The van der Waals surface area contributed by atoms with Crippen molar-refractivity contribution in [2.24, 2.45) is 17.7 Å². The molecule has 0 radical (unpaired) electrons. The molecule has 0 heterocycles. The highest BCUT2D eigenvalue weighted by atomic mass is 16.5. The molecule has 0 spiro atoms. The number of hydrogen-bond donors (Lipinski definition) is 2. The molecule has 3 heteroatoms. The number of ether oxygens (including phenoxy) is 1. The predicted molar refractivity (Wildman–Crippen MR) is 56.2 cm³/mol. The molecular weight excluding hydrogens is 164 g/mol. The van der Waals surface area contributed by atoms with Gasteiger partial charge < -0.3 is 4.74 Å². The maximum atomic E-state index is 5.51. The van der Waals surface area contributed by atoms with Crippen molar-refractivity contribution < 1.29 is 4.74 Å². The van der Waals surface area contributed by atoms with E-state index in [0.29, 0.717) is 11.8 Å². The van der Waals surface area contributed by atoms with E-state index in [0.717, 1.165) is 6.42 Å². The van der Waals surface area contributed by atoms with Gasteiger partial charge in [0.05, 0.1) is 6.10 Å². The van der Waals surface area contributed by atoms with Gasteiger partial charge in [-0.25, -0.2) is 0 Å². The molecule has 0 rings (SSSR count). The van der Waals surface area contributed by atoms with E-state index in [2.05, 4.69) is 33.1 Å². The van der Waals surface area contributed by atoms with E-state index in [1.807, 2.05) is 0 Å². The molecule has 0 bridgehead atoms. The van der Waals surface area contributed by atoms with Crippen molar-refractivity contribution in [3.8, 4) is 0 Å². The topological polar surface area (TPSA) is 47.3 Å². The van der Waals surface area contributed by atoms with E-state index in [-0.39, 0.29) is 12.1 Å². The van der Waals surface area contributed by atoms with E-state index in [1.165, 1.54) is 0 Å². The molecule has 0 aromatic carbocycles. The van der Waals surface area contributed by atoms with Gasteiger partial charge >= 0.3 is 0 Å². The summed E-state index contributed by atoms with van der Waals surface area (Å²) in [7, 11) is 1.75. The third kappa shape index (κ3) is 4.60. The third-order valence-electron chi connectivity index (χ3n) is 2.27. The molecule has 0 fully saturated rings. The lowest BCUT2D eigenvalue weighted by Gasteiger charge is -2.29. The van der Waals surface area contributed by atoms with Crippen LogP contribution in [0.5, 0.6) is 0 Å². The number of hydrogen-bond acceptors (Lipinski definition) is 3. The van der Waals surface area contributed by atoms with Crippen LogP contribution >= 0.6 is 0 Å². The van der Waals surface area contributed by atoms with Crippen LogP contribution in [0.3, 0.4) is 0 Å². The van der Waals surface area contributed by atoms with Crippen molar-refractivity contribution in [2.75, 3.05) is 7.11 Å². The lowest BCUT2D eigenvalue weighted by Crippen LogP contribution is -2.47. The van der Waals surface area contributed by atoms with Crippen LogP contribution in [0.4, 0.5) is 0 Å². The van der Waals surface area contributed by atoms with Crippen LogP contribution in [0.2, 0.25) is 0 Å². The van der Waals surface area contributed by atoms with Crippen LogP contribution in [-0.4, -0.2) is 19.3 Å². The third-order valence-corrected chi connectivity index (χ3v) is 2.27. The Balaban J connectivity index is 4.16. The van der Waals surface area contributed by atoms with Gasteiger partial charge in [-0.1, -0.05) is 27.7 Å². The highest BCUT2D eigenvalue weighted by Gasteiger charge is 2.23. The number of nitrogens with two attached hydrogens (primary N) is 1. The fourth-order valence-corrected chi connectivity index (χ4v) is 1.71. The minimum Gasteiger partial charge on any atom is -0.380 e. The maximum absolute atomic E-state index is 5.51. The lowest BCUT2D eigenvalue weighted by atomic mass is 9.93. The highest BCUT2D eigenvalue weighted by molar-refractivity contribution is 4.78. The van der Waals surface area contributed by atoms with Crippen LogP contribution in [0.1, 0.15) is 34.1 Å². The van der Waals surface area contributed by atoms with Gasteiger partial charge in [-0.05, 0) is 18.3 Å². The van der Waals surface area contributed by atoms with Crippen LogP contribution in [0.15, 0.2) is 0 Å². The Kier molecular flexibility index (Phi) is 6.29. The zero-order valence-corrected chi connectivity index (χ0v) is 9.50. The zero-order chi connectivity index (χ0) is 10.4. The normalized spacial score (nSPS) is 16.6. The number of nitrogens with one attached hydrogen (secondary N) is 1. The summed E-state index contributed by atoms with van der Waals surface area (Å²) in [4.78, 5) is 0. The average molecular weight is 188 g/mol. The first-order chi connectivity index (χ1) is 6.02. The first kappa shape index (κ1) is 12.9. The van der Waals surface area contributed by atoms with Crippen LogP contribution in [0, 0.1) is 11.8 Å². The van der Waals surface area contributed by atoms with Crippen molar-refractivity contribution in [1.82, 2.24) is 5.43 Å². The fourth-order valence-electron chi connectivity index (χ4n) is 1.71. The van der Waals surface area contributed by atoms with Gasteiger partial charge in [0.25, 0.3) is 0 Å². The van der Waals surface area contributed by atoms with Gasteiger partial charge in [-0.2, -0.15) is 0 Å². The Bertz CT molecular complexity index is 126. The second kappa shape index (κ2) is 6.35. The molecule has 0 saturated carbocycles. The smallest absolute Gasteiger partial charge is 0.0760 e. The fraction of sp³-hybridized carbons (Fsp3) is 1.00. The van der Waals surface area contributed by atoms with Crippen LogP contribution in [0.25, 0.3) is 0 Å². The summed E-state index contributed by atoms with van der Waals surface area (Å²) in [5, 5.41) is 0. The van der Waals surface area contributed by atoms with E-state index in [4.69, 9.17) is 10.6 Å². The van der Waals surface area contributed by atoms with E-state index in [9.17, 15) is 0 Å². The highest BCUT2D eigenvalue weighted by Crippen LogP contribution is 2.16. The van der Waals surface area contributed by atoms with E-state index >= 15 is 0 Å². The standard InChI is InChI=1S/C10H24N2O/c1-7(2)6-9(12-11)10(13-5)8(3)4/h7-10,12H,6,11H2,1-5H3. The Morgan fingerprint density at radius 1 is 1.23 bits per heavy atom. The average Bonchev–Trinajstić information content (AvgIpc) is 2.02. The summed E-state index contributed by atoms with van der Waals surface area (Å²) in [6.45, 7) is 8.69. The molecule has 0 aliphatic heterocycles. The monoisotopic (exact) mass is 188 g/mol. The van der Waals surface area contributed by atoms with E-state index in [1.54, 1.807) is 7.11 Å². The molecule has 2 unspecified atom stereocenters. The first-order valence-electron chi connectivity index (χ1n) is 5.01. The molecule has 0 amide bonds. The summed E-state index contributed by atoms with van der Waals surface area (Å²) < 4.78 is 5.42. The molecule has 80 valence electrons. The Hall–Kier alpha value is -0.120. The molecule has 0 aliphatic rings. The van der Waals surface area contributed by atoms with Gasteiger partial charge in [-0.15, -0.1) is 0 Å². The number of methoxy groups -OCH3 is 1. The molecule has 0 aliphatic carbocycles. The van der Waals surface area contributed by atoms with Crippen LogP contribution < -0.4 is 11.3 Å². The summed E-state index contributed by atoms with van der Waals surface area (Å²) in [5.74, 6) is 6.63. The molecule has 0 saturated heterocycles. The summed E-state index contributed by atoms with van der Waals surface area (Å²) in [5.41, 5.74) is 2.84. The van der Waals surface area contributed by atoms with Gasteiger partial charge in [0.1, 0.15) is 0 Å². The quantitative estimate of drug-likeness (QED) is 0.491. The second-order valence-electron chi connectivity index (χ2n) is 4.35. The van der Waals surface area contributed by atoms with Gasteiger partial charge in [0.2, 0.25) is 0 Å². The molecular formula is C10H24N2O. The van der Waals surface area contributed by atoms with Crippen molar-refractivity contribution in [3.63, 3.8) is 0 Å². The van der Waals surface area contributed by atoms with Gasteiger partial charge in [0.15, 0.2) is 0 Å². The predicted octanol–water partition coefficient (Wildman–Crippen LogP) is 1.54. The Morgan fingerprint density at radius 3 is 2.00 bits per heavy atom. The zero-order valence-electron chi connectivity index (χ0n) is 9.50. The van der Waals surface area contributed by atoms with E-state index < -0.39 is 0 Å². The summed E-state index contributed by atoms with van der Waals surface area (Å²) in [6.07, 6.45) is 1.25. The Labute approximate surface area is 82.0 Å².